The first-order valence-electron chi connectivity index (χ1n) is 6.88. The lowest BCUT2D eigenvalue weighted by Gasteiger charge is -2.08. The van der Waals surface area contributed by atoms with Gasteiger partial charge in [0.05, 0.1) is 0 Å². The van der Waals surface area contributed by atoms with Gasteiger partial charge in [0.1, 0.15) is 0 Å². The van der Waals surface area contributed by atoms with E-state index in [2.05, 4.69) is 39.9 Å². The zero-order valence-electron chi connectivity index (χ0n) is 11.8. The molecule has 0 aliphatic heterocycles. The lowest BCUT2D eigenvalue weighted by atomic mass is 10.1. The summed E-state index contributed by atoms with van der Waals surface area (Å²) in [5.74, 6) is -0.0602. The van der Waals surface area contributed by atoms with Gasteiger partial charge in [-0.1, -0.05) is 12.1 Å². The minimum Gasteiger partial charge on any atom is -0.381 e. The normalized spacial score (nSPS) is 10.5. The summed E-state index contributed by atoms with van der Waals surface area (Å²) in [5, 5.41) is 7.34. The van der Waals surface area contributed by atoms with Crippen LogP contribution in [-0.2, 0) is 11.3 Å². The molecule has 4 nitrogen and oxygen atoms in total. The van der Waals surface area contributed by atoms with Crippen molar-refractivity contribution >= 4 is 28.2 Å². The fourth-order valence-corrected chi connectivity index (χ4v) is 2.28. The van der Waals surface area contributed by atoms with Gasteiger partial charge in [0, 0.05) is 36.6 Å². The Balaban J connectivity index is 1.65. The molecule has 1 heterocycles. The first kappa shape index (κ1) is 13.2. The average molecular weight is 279 g/mol. The number of carbonyl (C=O) groups is 1. The highest BCUT2D eigenvalue weighted by molar-refractivity contribution is 5.88. The molecule has 2 aromatic carbocycles. The third-order valence-corrected chi connectivity index (χ3v) is 3.32. The molecule has 0 bridgehead atoms. The highest BCUT2D eigenvalue weighted by Gasteiger charge is 1.99. The molecule has 0 spiro atoms. The molecule has 1 amide bonds. The van der Waals surface area contributed by atoms with Crippen LogP contribution in [0.3, 0.4) is 0 Å². The molecule has 3 aromatic rings. The number of hydrogen-bond acceptors (Lipinski definition) is 2. The smallest absolute Gasteiger partial charge is 0.221 e. The standard InChI is InChI=1S/C17H17N3O/c1-12(21)20-16-6-4-15(5-7-16)19-11-13-2-3-14-8-9-18-17(14)10-13/h2-10,18-19H,11H2,1H3,(H,20,21). The molecular formula is C17H17N3O. The van der Waals surface area contributed by atoms with E-state index in [1.54, 1.807) is 0 Å². The fourth-order valence-electron chi connectivity index (χ4n) is 2.28. The Bertz CT molecular complexity index is 759. The number of aromatic nitrogens is 1. The largest absolute Gasteiger partial charge is 0.381 e. The van der Waals surface area contributed by atoms with Crippen LogP contribution < -0.4 is 10.6 Å². The fraction of sp³-hybridized carbons (Fsp3) is 0.118. The first-order valence-corrected chi connectivity index (χ1v) is 6.88. The third-order valence-electron chi connectivity index (χ3n) is 3.32. The maximum atomic E-state index is 11.0. The van der Waals surface area contributed by atoms with E-state index in [0.29, 0.717) is 0 Å². The van der Waals surface area contributed by atoms with Gasteiger partial charge in [0.2, 0.25) is 5.91 Å². The summed E-state index contributed by atoms with van der Waals surface area (Å²) in [6.45, 7) is 2.26. The van der Waals surface area contributed by atoms with Crippen molar-refractivity contribution in [1.82, 2.24) is 4.98 Å². The summed E-state index contributed by atoms with van der Waals surface area (Å²) >= 11 is 0. The monoisotopic (exact) mass is 279 g/mol. The topological polar surface area (TPSA) is 56.9 Å². The van der Waals surface area contributed by atoms with Crippen molar-refractivity contribution in [3.63, 3.8) is 0 Å². The lowest BCUT2D eigenvalue weighted by Crippen LogP contribution is -2.05. The average Bonchev–Trinajstić information content (AvgIpc) is 2.93. The summed E-state index contributed by atoms with van der Waals surface area (Å²) in [6.07, 6.45) is 1.95. The molecule has 1 aromatic heterocycles. The van der Waals surface area contributed by atoms with E-state index in [0.717, 1.165) is 23.4 Å². The van der Waals surface area contributed by atoms with Gasteiger partial charge in [-0.15, -0.1) is 0 Å². The molecule has 4 heteroatoms. The van der Waals surface area contributed by atoms with E-state index in [1.165, 1.54) is 17.9 Å². The van der Waals surface area contributed by atoms with E-state index in [4.69, 9.17) is 0 Å². The molecule has 0 aliphatic rings. The Kier molecular flexibility index (Phi) is 3.60. The Morgan fingerprint density at radius 1 is 1.05 bits per heavy atom. The van der Waals surface area contributed by atoms with Crippen molar-refractivity contribution in [3.8, 4) is 0 Å². The van der Waals surface area contributed by atoms with Gasteiger partial charge in [0.25, 0.3) is 0 Å². The van der Waals surface area contributed by atoms with Gasteiger partial charge in [-0.25, -0.2) is 0 Å². The van der Waals surface area contributed by atoms with Crippen LogP contribution in [0.1, 0.15) is 12.5 Å². The maximum absolute atomic E-state index is 11.0. The molecule has 0 unspecified atom stereocenters. The third kappa shape index (κ3) is 3.23. The van der Waals surface area contributed by atoms with E-state index >= 15 is 0 Å². The second-order valence-electron chi connectivity index (χ2n) is 5.01. The Hall–Kier alpha value is -2.75. The molecule has 106 valence electrons. The molecule has 0 saturated carbocycles. The highest BCUT2D eigenvalue weighted by atomic mass is 16.1. The molecule has 3 rings (SSSR count). The van der Waals surface area contributed by atoms with Crippen molar-refractivity contribution in [2.24, 2.45) is 0 Å². The maximum Gasteiger partial charge on any atom is 0.221 e. The van der Waals surface area contributed by atoms with Crippen LogP contribution in [0.4, 0.5) is 11.4 Å². The van der Waals surface area contributed by atoms with Gasteiger partial charge in [-0.2, -0.15) is 0 Å². The van der Waals surface area contributed by atoms with Crippen LogP contribution in [0.2, 0.25) is 0 Å². The lowest BCUT2D eigenvalue weighted by molar-refractivity contribution is -0.114. The number of fused-ring (bicyclic) bond motifs is 1. The van der Waals surface area contributed by atoms with Crippen molar-refractivity contribution in [2.45, 2.75) is 13.5 Å². The van der Waals surface area contributed by atoms with Crippen molar-refractivity contribution in [1.29, 1.82) is 0 Å². The van der Waals surface area contributed by atoms with Crippen molar-refractivity contribution < 1.29 is 4.79 Å². The first-order chi connectivity index (χ1) is 10.2. The van der Waals surface area contributed by atoms with Crippen LogP contribution in [0.5, 0.6) is 0 Å². The molecule has 3 N–H and O–H groups in total. The summed E-state index contributed by atoms with van der Waals surface area (Å²) in [5.41, 5.74) is 4.20. The van der Waals surface area contributed by atoms with Gasteiger partial charge in [-0.05, 0) is 47.3 Å². The summed E-state index contributed by atoms with van der Waals surface area (Å²) in [7, 11) is 0. The minimum atomic E-state index is -0.0602. The van der Waals surface area contributed by atoms with Gasteiger partial charge in [-0.3, -0.25) is 4.79 Å². The molecule has 0 atom stereocenters. The van der Waals surface area contributed by atoms with Crippen molar-refractivity contribution in [2.75, 3.05) is 10.6 Å². The summed E-state index contributed by atoms with van der Waals surface area (Å²) in [6, 6.07) is 16.1. The second kappa shape index (κ2) is 5.71. The summed E-state index contributed by atoms with van der Waals surface area (Å²) in [4.78, 5) is 14.2. The van der Waals surface area contributed by atoms with Crippen LogP contribution in [-0.4, -0.2) is 10.9 Å². The molecule has 0 saturated heterocycles. The molecule has 0 aliphatic carbocycles. The number of amides is 1. The highest BCUT2D eigenvalue weighted by Crippen LogP contribution is 2.17. The molecule has 0 fully saturated rings. The Morgan fingerprint density at radius 2 is 1.81 bits per heavy atom. The van der Waals surface area contributed by atoms with E-state index in [-0.39, 0.29) is 5.91 Å². The minimum absolute atomic E-state index is 0.0602. The van der Waals surface area contributed by atoms with Crippen molar-refractivity contribution in [3.05, 3.63) is 60.3 Å². The van der Waals surface area contributed by atoms with Crippen LogP contribution in [0.15, 0.2) is 54.7 Å². The predicted molar refractivity (Wildman–Crippen MR) is 86.4 cm³/mol. The molecular weight excluding hydrogens is 262 g/mol. The zero-order valence-corrected chi connectivity index (χ0v) is 11.8. The Labute approximate surface area is 123 Å². The number of aromatic amines is 1. The summed E-state index contributed by atoms with van der Waals surface area (Å²) < 4.78 is 0. The zero-order chi connectivity index (χ0) is 14.7. The molecule has 0 radical (unpaired) electrons. The van der Waals surface area contributed by atoms with Crippen LogP contribution >= 0.6 is 0 Å². The van der Waals surface area contributed by atoms with E-state index in [1.807, 2.05) is 30.5 Å². The molecule has 21 heavy (non-hydrogen) atoms. The van der Waals surface area contributed by atoms with Gasteiger partial charge < -0.3 is 15.6 Å². The van der Waals surface area contributed by atoms with Gasteiger partial charge in [0.15, 0.2) is 0 Å². The number of benzene rings is 2. The number of H-pyrrole nitrogens is 1. The quantitative estimate of drug-likeness (QED) is 0.681. The van der Waals surface area contributed by atoms with E-state index < -0.39 is 0 Å². The number of carbonyl (C=O) groups excluding carboxylic acids is 1. The number of rotatable bonds is 4. The number of nitrogens with one attached hydrogen (secondary N) is 3. The number of hydrogen-bond donors (Lipinski definition) is 3. The SMILES string of the molecule is CC(=O)Nc1ccc(NCc2ccc3cc[nH]c3c2)cc1. The Morgan fingerprint density at radius 3 is 2.57 bits per heavy atom. The van der Waals surface area contributed by atoms with Crippen LogP contribution in [0, 0.1) is 0 Å². The van der Waals surface area contributed by atoms with E-state index in [9.17, 15) is 4.79 Å². The van der Waals surface area contributed by atoms with Gasteiger partial charge >= 0.3 is 0 Å². The predicted octanol–water partition coefficient (Wildman–Crippen LogP) is 3.74. The second-order valence-corrected chi connectivity index (χ2v) is 5.01. The van der Waals surface area contributed by atoms with Crippen LogP contribution in [0.25, 0.3) is 10.9 Å². The number of anilines is 2.